The molecule has 1 amide bonds. The van der Waals surface area contributed by atoms with Crippen LogP contribution in [0.3, 0.4) is 0 Å². The van der Waals surface area contributed by atoms with E-state index in [9.17, 15) is 9.18 Å². The second kappa shape index (κ2) is 7.06. The highest BCUT2D eigenvalue weighted by Crippen LogP contribution is 2.26. The van der Waals surface area contributed by atoms with Crippen LogP contribution in [0.5, 0.6) is 0 Å². The van der Waals surface area contributed by atoms with Crippen LogP contribution in [-0.2, 0) is 16.1 Å². The molecule has 1 aliphatic rings. The van der Waals surface area contributed by atoms with Crippen molar-refractivity contribution in [2.75, 3.05) is 19.7 Å². The molecular weight excluding hydrogens is 323 g/mol. The van der Waals surface area contributed by atoms with Crippen molar-refractivity contribution in [2.24, 2.45) is 0 Å². The van der Waals surface area contributed by atoms with E-state index in [0.717, 1.165) is 5.56 Å². The number of ether oxygens (including phenoxy) is 1. The first-order valence-electron chi connectivity index (χ1n) is 7.30. The first kappa shape index (κ1) is 15.9. The van der Waals surface area contributed by atoms with Crippen molar-refractivity contribution >= 4 is 17.5 Å². The van der Waals surface area contributed by atoms with Crippen molar-refractivity contribution in [3.05, 3.63) is 47.3 Å². The fraction of sp³-hybridized carbons (Fsp3) is 0.400. The summed E-state index contributed by atoms with van der Waals surface area (Å²) >= 11 is 5.81. The Balaban J connectivity index is 1.60. The van der Waals surface area contributed by atoms with Gasteiger partial charge in [-0.15, -0.1) is 0 Å². The lowest BCUT2D eigenvalue weighted by atomic mass is 10.1. The second-order valence-corrected chi connectivity index (χ2v) is 5.69. The van der Waals surface area contributed by atoms with Gasteiger partial charge in [0, 0.05) is 13.0 Å². The molecule has 0 saturated carbocycles. The molecule has 1 aromatic heterocycles. The third-order valence-electron chi connectivity index (χ3n) is 3.76. The van der Waals surface area contributed by atoms with Crippen LogP contribution in [0.15, 0.2) is 30.9 Å². The van der Waals surface area contributed by atoms with Crippen LogP contribution < -0.4 is 0 Å². The predicted octanol–water partition coefficient (Wildman–Crippen LogP) is 2.06. The van der Waals surface area contributed by atoms with E-state index in [2.05, 4.69) is 10.1 Å². The molecule has 1 unspecified atom stereocenters. The Morgan fingerprint density at radius 1 is 1.48 bits per heavy atom. The van der Waals surface area contributed by atoms with Crippen molar-refractivity contribution in [1.29, 1.82) is 0 Å². The summed E-state index contributed by atoms with van der Waals surface area (Å²) in [5.74, 6) is -0.436. The van der Waals surface area contributed by atoms with Crippen LogP contribution in [0, 0.1) is 5.82 Å². The smallest absolute Gasteiger partial charge is 0.224 e. The maximum absolute atomic E-state index is 13.3. The van der Waals surface area contributed by atoms with Gasteiger partial charge in [0.1, 0.15) is 24.6 Å². The van der Waals surface area contributed by atoms with Crippen LogP contribution >= 0.6 is 11.6 Å². The average Bonchev–Trinajstić information content (AvgIpc) is 3.09. The minimum Gasteiger partial charge on any atom is -0.370 e. The van der Waals surface area contributed by atoms with Gasteiger partial charge >= 0.3 is 0 Å². The molecule has 1 fully saturated rings. The van der Waals surface area contributed by atoms with Crippen LogP contribution in [0.25, 0.3) is 0 Å². The Bertz CT molecular complexity index is 680. The molecule has 0 N–H and O–H groups in total. The molecule has 0 aliphatic carbocycles. The molecule has 1 saturated heterocycles. The predicted molar refractivity (Wildman–Crippen MR) is 81.3 cm³/mol. The van der Waals surface area contributed by atoms with Crippen molar-refractivity contribution in [1.82, 2.24) is 19.7 Å². The standard InChI is InChI=1S/C15H16ClFN4O2/c16-12-7-11(1-2-13(12)17)14-8-20(5-6-23-14)15(22)3-4-21-10-18-9-19-21/h1-2,7,9-10,14H,3-6,8H2. The van der Waals surface area contributed by atoms with E-state index in [4.69, 9.17) is 16.3 Å². The molecule has 6 nitrogen and oxygen atoms in total. The highest BCUT2D eigenvalue weighted by atomic mass is 35.5. The number of rotatable bonds is 4. The molecule has 2 aromatic rings. The number of aromatic nitrogens is 3. The Hall–Kier alpha value is -1.99. The number of nitrogens with zero attached hydrogens (tertiary/aromatic N) is 4. The molecule has 1 atom stereocenters. The number of halogens is 2. The first-order valence-corrected chi connectivity index (χ1v) is 7.68. The van der Waals surface area contributed by atoms with E-state index >= 15 is 0 Å². The van der Waals surface area contributed by atoms with Gasteiger partial charge in [0.25, 0.3) is 0 Å². The molecule has 1 aromatic carbocycles. The molecule has 1 aliphatic heterocycles. The Morgan fingerprint density at radius 2 is 2.35 bits per heavy atom. The minimum atomic E-state index is -0.466. The van der Waals surface area contributed by atoms with Gasteiger partial charge < -0.3 is 9.64 Å². The van der Waals surface area contributed by atoms with E-state index in [-0.39, 0.29) is 17.0 Å². The van der Waals surface area contributed by atoms with Gasteiger partial charge in [-0.25, -0.2) is 9.37 Å². The Labute approximate surface area is 137 Å². The number of hydrogen-bond donors (Lipinski definition) is 0. The molecule has 2 heterocycles. The summed E-state index contributed by atoms with van der Waals surface area (Å²) in [4.78, 5) is 17.9. The second-order valence-electron chi connectivity index (χ2n) is 5.28. The van der Waals surface area contributed by atoms with Crippen molar-refractivity contribution in [3.63, 3.8) is 0 Å². The highest BCUT2D eigenvalue weighted by molar-refractivity contribution is 6.30. The summed E-state index contributed by atoms with van der Waals surface area (Å²) in [6, 6.07) is 4.49. The SMILES string of the molecule is O=C(CCn1cncn1)N1CCOC(c2ccc(F)c(Cl)c2)C1. The van der Waals surface area contributed by atoms with Crippen LogP contribution in [0.4, 0.5) is 4.39 Å². The van der Waals surface area contributed by atoms with E-state index < -0.39 is 5.82 Å². The third-order valence-corrected chi connectivity index (χ3v) is 4.05. The van der Waals surface area contributed by atoms with Gasteiger partial charge in [0.2, 0.25) is 5.91 Å². The number of amides is 1. The van der Waals surface area contributed by atoms with Crippen LogP contribution in [-0.4, -0.2) is 45.3 Å². The first-order chi connectivity index (χ1) is 11.1. The Morgan fingerprint density at radius 3 is 3.09 bits per heavy atom. The van der Waals surface area contributed by atoms with Gasteiger partial charge in [0.05, 0.1) is 24.7 Å². The lowest BCUT2D eigenvalue weighted by Gasteiger charge is -2.33. The van der Waals surface area contributed by atoms with Gasteiger partial charge in [-0.05, 0) is 17.7 Å². The normalized spacial score (nSPS) is 18.2. The third kappa shape index (κ3) is 3.86. The van der Waals surface area contributed by atoms with Crippen LogP contribution in [0.2, 0.25) is 5.02 Å². The zero-order chi connectivity index (χ0) is 16.2. The van der Waals surface area contributed by atoms with Crippen molar-refractivity contribution in [3.8, 4) is 0 Å². The van der Waals surface area contributed by atoms with Gasteiger partial charge in [-0.3, -0.25) is 9.48 Å². The Kier molecular flexibility index (Phi) is 4.88. The monoisotopic (exact) mass is 338 g/mol. The summed E-state index contributed by atoms with van der Waals surface area (Å²) in [5, 5.41) is 4.03. The van der Waals surface area contributed by atoms with Crippen molar-refractivity contribution in [2.45, 2.75) is 19.1 Å². The largest absolute Gasteiger partial charge is 0.370 e. The molecular formula is C15H16ClFN4O2. The zero-order valence-corrected chi connectivity index (χ0v) is 13.1. The van der Waals surface area contributed by atoms with E-state index in [0.29, 0.717) is 32.7 Å². The summed E-state index contributed by atoms with van der Waals surface area (Å²) in [7, 11) is 0. The minimum absolute atomic E-state index is 0.0296. The number of carbonyl (C=O) groups is 1. The summed E-state index contributed by atoms with van der Waals surface area (Å²) in [6.07, 6.45) is 3.07. The van der Waals surface area contributed by atoms with Crippen molar-refractivity contribution < 1.29 is 13.9 Å². The topological polar surface area (TPSA) is 60.2 Å². The zero-order valence-electron chi connectivity index (χ0n) is 12.4. The lowest BCUT2D eigenvalue weighted by Crippen LogP contribution is -2.42. The number of hydrogen-bond acceptors (Lipinski definition) is 4. The molecule has 0 spiro atoms. The maximum atomic E-state index is 13.3. The van der Waals surface area contributed by atoms with Crippen LogP contribution in [0.1, 0.15) is 18.1 Å². The van der Waals surface area contributed by atoms with Gasteiger partial charge in [-0.1, -0.05) is 17.7 Å². The average molecular weight is 339 g/mol. The number of carbonyl (C=O) groups excluding carboxylic acids is 1. The summed E-state index contributed by atoms with van der Waals surface area (Å²) < 4.78 is 20.6. The van der Waals surface area contributed by atoms with Gasteiger partial charge in [-0.2, -0.15) is 5.10 Å². The van der Waals surface area contributed by atoms with E-state index in [1.54, 1.807) is 28.0 Å². The molecule has 0 radical (unpaired) electrons. The molecule has 3 rings (SSSR count). The number of benzene rings is 1. The lowest BCUT2D eigenvalue weighted by molar-refractivity contribution is -0.139. The summed E-state index contributed by atoms with van der Waals surface area (Å²) in [6.45, 7) is 1.90. The highest BCUT2D eigenvalue weighted by Gasteiger charge is 2.25. The molecule has 23 heavy (non-hydrogen) atoms. The number of aryl methyl sites for hydroxylation is 1. The fourth-order valence-electron chi connectivity index (χ4n) is 2.51. The molecule has 122 valence electrons. The quantitative estimate of drug-likeness (QED) is 0.856. The van der Waals surface area contributed by atoms with E-state index in [1.165, 1.54) is 12.4 Å². The molecule has 0 bridgehead atoms. The molecule has 8 heteroatoms. The maximum Gasteiger partial charge on any atom is 0.224 e. The summed E-state index contributed by atoms with van der Waals surface area (Å²) in [5.41, 5.74) is 0.769. The number of morpholine rings is 1. The fourth-order valence-corrected chi connectivity index (χ4v) is 2.70. The van der Waals surface area contributed by atoms with Gasteiger partial charge in [0.15, 0.2) is 0 Å². The van der Waals surface area contributed by atoms with E-state index in [1.807, 2.05) is 0 Å².